The number of thioether (sulfide) groups is 1. The van der Waals surface area contributed by atoms with Crippen LogP contribution in [0.4, 0.5) is 0 Å². The molecule has 6 heteroatoms. The number of ether oxygens (including phenoxy) is 1. The van der Waals surface area contributed by atoms with Gasteiger partial charge in [-0.1, -0.05) is 6.07 Å². The summed E-state index contributed by atoms with van der Waals surface area (Å²) in [7, 11) is 0. The van der Waals surface area contributed by atoms with E-state index in [1.165, 1.54) is 11.8 Å². The topological polar surface area (TPSA) is 82.8 Å². The van der Waals surface area contributed by atoms with Crippen molar-refractivity contribution in [2.24, 2.45) is 0 Å². The van der Waals surface area contributed by atoms with E-state index in [2.05, 4.69) is 4.98 Å². The highest BCUT2D eigenvalue weighted by Crippen LogP contribution is 2.28. The second kappa shape index (κ2) is 5.01. The van der Waals surface area contributed by atoms with Crippen LogP contribution in [0.1, 0.15) is 0 Å². The van der Waals surface area contributed by atoms with E-state index in [0.29, 0.717) is 11.6 Å². The average molecular weight is 243 g/mol. The van der Waals surface area contributed by atoms with E-state index in [4.69, 9.17) is 4.74 Å². The lowest BCUT2D eigenvalue weighted by molar-refractivity contribution is -0.0791. The van der Waals surface area contributed by atoms with E-state index in [1.54, 1.807) is 24.4 Å². The van der Waals surface area contributed by atoms with Gasteiger partial charge in [-0.3, -0.25) is 0 Å². The third kappa shape index (κ3) is 2.46. The Morgan fingerprint density at radius 1 is 1.25 bits per heavy atom. The van der Waals surface area contributed by atoms with Crippen molar-refractivity contribution in [2.45, 2.75) is 23.7 Å². The molecule has 0 aliphatic carbocycles. The van der Waals surface area contributed by atoms with Crippen molar-refractivity contribution in [3.63, 3.8) is 0 Å². The first-order valence-corrected chi connectivity index (χ1v) is 5.97. The van der Waals surface area contributed by atoms with Crippen LogP contribution < -0.4 is 4.74 Å². The zero-order valence-corrected chi connectivity index (χ0v) is 9.25. The molecule has 0 bridgehead atoms. The van der Waals surface area contributed by atoms with Gasteiger partial charge < -0.3 is 20.1 Å². The number of hydrogen-bond donors (Lipinski definition) is 3. The fourth-order valence-corrected chi connectivity index (χ4v) is 2.53. The summed E-state index contributed by atoms with van der Waals surface area (Å²) in [5.41, 5.74) is -0.603. The lowest BCUT2D eigenvalue weighted by Gasteiger charge is -2.34. The molecule has 0 amide bonds. The molecule has 1 saturated heterocycles. The molecule has 0 unspecified atom stereocenters. The van der Waals surface area contributed by atoms with Crippen LogP contribution >= 0.6 is 11.8 Å². The smallest absolute Gasteiger partial charge is 0.214 e. The summed E-state index contributed by atoms with van der Waals surface area (Å²) < 4.78 is 5.42. The molecule has 0 aromatic carbocycles. The number of aliphatic hydroxyl groups is 3. The highest BCUT2D eigenvalue weighted by molar-refractivity contribution is 7.99. The molecule has 1 aliphatic rings. The van der Waals surface area contributed by atoms with Gasteiger partial charge in [0.05, 0.1) is 6.10 Å². The van der Waals surface area contributed by atoms with Crippen molar-refractivity contribution in [3.05, 3.63) is 24.4 Å². The monoisotopic (exact) mass is 243 g/mol. The van der Waals surface area contributed by atoms with E-state index in [9.17, 15) is 15.3 Å². The van der Waals surface area contributed by atoms with Crippen LogP contribution in [0.2, 0.25) is 0 Å². The van der Waals surface area contributed by atoms with Crippen LogP contribution in [0.5, 0.6) is 5.88 Å². The molecule has 88 valence electrons. The Balaban J connectivity index is 2.00. The summed E-state index contributed by atoms with van der Waals surface area (Å²) in [6.07, 6.45) is -1.62. The van der Waals surface area contributed by atoms with Gasteiger partial charge in [0.2, 0.25) is 5.88 Å². The fraction of sp³-hybridized carbons (Fsp3) is 0.500. The fourth-order valence-electron chi connectivity index (χ4n) is 1.42. The molecule has 2 rings (SSSR count). The Bertz CT molecular complexity index is 337. The normalized spacial score (nSPS) is 34.7. The SMILES string of the molecule is O[C@@H]1[C@@H](O)[C@H](Oc2ccccn2)SC[C@H]1O. The summed E-state index contributed by atoms with van der Waals surface area (Å²) in [6.45, 7) is 0. The minimum Gasteiger partial charge on any atom is -0.460 e. The van der Waals surface area contributed by atoms with Crippen molar-refractivity contribution in [1.29, 1.82) is 0 Å². The predicted octanol–water partition coefficient (Wildman–Crippen LogP) is -0.384. The molecule has 4 atom stereocenters. The Hall–Kier alpha value is -0.820. The van der Waals surface area contributed by atoms with Crippen LogP contribution in [0.15, 0.2) is 24.4 Å². The van der Waals surface area contributed by atoms with Gasteiger partial charge in [-0.2, -0.15) is 0 Å². The number of aromatic nitrogens is 1. The third-order valence-corrected chi connectivity index (χ3v) is 3.57. The van der Waals surface area contributed by atoms with Gasteiger partial charge in [0.25, 0.3) is 0 Å². The standard InChI is InChI=1S/C10H13NO4S/c12-6-5-16-10(9(14)8(6)13)15-7-3-1-2-4-11-7/h1-4,6,8-10,12-14H,5H2/t6-,8+,9-,10-/m1/s1. The van der Waals surface area contributed by atoms with Gasteiger partial charge in [0.1, 0.15) is 12.2 Å². The maximum atomic E-state index is 9.69. The maximum Gasteiger partial charge on any atom is 0.214 e. The van der Waals surface area contributed by atoms with Crippen LogP contribution in [0.25, 0.3) is 0 Å². The van der Waals surface area contributed by atoms with Crippen molar-refractivity contribution < 1.29 is 20.1 Å². The Morgan fingerprint density at radius 3 is 2.75 bits per heavy atom. The second-order valence-corrected chi connectivity index (χ2v) is 4.67. The van der Waals surface area contributed by atoms with Crippen molar-refractivity contribution in [3.8, 4) is 5.88 Å². The highest BCUT2D eigenvalue weighted by atomic mass is 32.2. The molecule has 3 N–H and O–H groups in total. The molecule has 1 fully saturated rings. The number of nitrogens with zero attached hydrogens (tertiary/aromatic N) is 1. The Labute approximate surface area is 97.1 Å². The molecular formula is C10H13NO4S. The highest BCUT2D eigenvalue weighted by Gasteiger charge is 2.38. The van der Waals surface area contributed by atoms with Crippen LogP contribution in [-0.4, -0.2) is 49.8 Å². The second-order valence-electron chi connectivity index (χ2n) is 3.54. The average Bonchev–Trinajstić information content (AvgIpc) is 2.31. The van der Waals surface area contributed by atoms with Crippen LogP contribution in [-0.2, 0) is 0 Å². The molecular weight excluding hydrogens is 230 g/mol. The zero-order valence-electron chi connectivity index (χ0n) is 8.43. The molecule has 5 nitrogen and oxygen atoms in total. The minimum atomic E-state index is -1.17. The van der Waals surface area contributed by atoms with Gasteiger partial charge in [-0.25, -0.2) is 4.98 Å². The minimum absolute atomic E-state index is 0.329. The third-order valence-electron chi connectivity index (χ3n) is 2.33. The van der Waals surface area contributed by atoms with Crippen LogP contribution in [0, 0.1) is 0 Å². The van der Waals surface area contributed by atoms with Crippen molar-refractivity contribution in [2.75, 3.05) is 5.75 Å². The van der Waals surface area contributed by atoms with Crippen molar-refractivity contribution >= 4 is 11.8 Å². The van der Waals surface area contributed by atoms with E-state index in [1.807, 2.05) is 0 Å². The van der Waals surface area contributed by atoms with E-state index in [0.717, 1.165) is 0 Å². The zero-order chi connectivity index (χ0) is 11.5. The lowest BCUT2D eigenvalue weighted by Crippen LogP contribution is -2.50. The van der Waals surface area contributed by atoms with Crippen molar-refractivity contribution in [1.82, 2.24) is 4.98 Å². The number of hydrogen-bond acceptors (Lipinski definition) is 6. The summed E-state index contributed by atoms with van der Waals surface area (Å²) in [5.74, 6) is 0.720. The van der Waals surface area contributed by atoms with Crippen LogP contribution in [0.3, 0.4) is 0 Å². The predicted molar refractivity (Wildman–Crippen MR) is 59.1 cm³/mol. The van der Waals surface area contributed by atoms with E-state index in [-0.39, 0.29) is 0 Å². The number of rotatable bonds is 2. The summed E-state index contributed by atoms with van der Waals surface area (Å²) in [5, 5.41) is 28.5. The van der Waals surface area contributed by atoms with E-state index < -0.39 is 23.7 Å². The summed E-state index contributed by atoms with van der Waals surface area (Å²) >= 11 is 1.26. The Morgan fingerprint density at radius 2 is 2.06 bits per heavy atom. The maximum absolute atomic E-state index is 9.69. The molecule has 1 aromatic heterocycles. The van der Waals surface area contributed by atoms with Gasteiger partial charge in [0, 0.05) is 18.0 Å². The largest absolute Gasteiger partial charge is 0.460 e. The molecule has 16 heavy (non-hydrogen) atoms. The first-order chi connectivity index (χ1) is 7.68. The Kier molecular flexibility index (Phi) is 3.65. The first-order valence-electron chi connectivity index (χ1n) is 4.92. The van der Waals surface area contributed by atoms with Gasteiger partial charge in [-0.15, -0.1) is 11.8 Å². The molecule has 0 spiro atoms. The summed E-state index contributed by atoms with van der Waals surface area (Å²) in [6, 6.07) is 5.20. The first kappa shape index (κ1) is 11.7. The molecule has 1 aliphatic heterocycles. The van der Waals surface area contributed by atoms with E-state index >= 15 is 0 Å². The lowest BCUT2D eigenvalue weighted by atomic mass is 10.1. The van der Waals surface area contributed by atoms with Gasteiger partial charge in [-0.05, 0) is 6.07 Å². The molecule has 2 heterocycles. The quantitative estimate of drug-likeness (QED) is 0.656. The molecule has 1 aromatic rings. The van der Waals surface area contributed by atoms with Gasteiger partial charge in [0.15, 0.2) is 5.44 Å². The molecule has 0 saturated carbocycles. The number of pyridine rings is 1. The molecule has 0 radical (unpaired) electrons. The number of aliphatic hydroxyl groups excluding tert-OH is 3. The summed E-state index contributed by atoms with van der Waals surface area (Å²) in [4.78, 5) is 3.96. The van der Waals surface area contributed by atoms with Gasteiger partial charge >= 0.3 is 0 Å².